The van der Waals surface area contributed by atoms with Crippen molar-refractivity contribution in [3.8, 4) is 0 Å². The molecule has 0 rings (SSSR count). The Hall–Kier alpha value is -0.220. The molecule has 1 atom stereocenters. The van der Waals surface area contributed by atoms with Gasteiger partial charge in [-0.15, -0.1) is 0 Å². The van der Waals surface area contributed by atoms with E-state index in [4.69, 9.17) is 0 Å². The zero-order valence-corrected chi connectivity index (χ0v) is 11.0. The third-order valence-electron chi connectivity index (χ3n) is 2.07. The standard InChI is InChI=1S/C11H23NO2S/c1-5-15-7-6-11(14)12(9(2)3)8-10(4)13/h9-10,13H,5-8H2,1-4H3. The van der Waals surface area contributed by atoms with Crippen LogP contribution < -0.4 is 0 Å². The molecule has 0 aliphatic heterocycles. The molecule has 0 saturated heterocycles. The molecular weight excluding hydrogens is 210 g/mol. The first-order valence-electron chi connectivity index (χ1n) is 5.54. The van der Waals surface area contributed by atoms with Gasteiger partial charge in [0.05, 0.1) is 6.10 Å². The molecule has 0 aromatic rings. The molecule has 90 valence electrons. The number of hydrogen-bond donors (Lipinski definition) is 1. The van der Waals surface area contributed by atoms with Gasteiger partial charge in [-0.1, -0.05) is 6.92 Å². The third-order valence-corrected chi connectivity index (χ3v) is 2.97. The highest BCUT2D eigenvalue weighted by molar-refractivity contribution is 7.99. The first-order valence-corrected chi connectivity index (χ1v) is 6.69. The molecule has 0 aliphatic rings. The molecule has 0 saturated carbocycles. The molecule has 1 amide bonds. The van der Waals surface area contributed by atoms with E-state index in [1.54, 1.807) is 23.6 Å². The van der Waals surface area contributed by atoms with Crippen LogP contribution in [0, 0.1) is 0 Å². The predicted molar refractivity (Wildman–Crippen MR) is 66.1 cm³/mol. The monoisotopic (exact) mass is 233 g/mol. The van der Waals surface area contributed by atoms with Crippen molar-refractivity contribution in [2.45, 2.75) is 46.3 Å². The average Bonchev–Trinajstić information content (AvgIpc) is 2.13. The molecule has 3 nitrogen and oxygen atoms in total. The van der Waals surface area contributed by atoms with Crippen LogP contribution in [-0.2, 0) is 4.79 Å². The van der Waals surface area contributed by atoms with Crippen molar-refractivity contribution in [1.82, 2.24) is 4.90 Å². The molecule has 0 aromatic carbocycles. The lowest BCUT2D eigenvalue weighted by Crippen LogP contribution is -2.41. The van der Waals surface area contributed by atoms with Crippen LogP contribution >= 0.6 is 11.8 Å². The lowest BCUT2D eigenvalue weighted by molar-refractivity contribution is -0.133. The van der Waals surface area contributed by atoms with Crippen molar-refractivity contribution >= 4 is 17.7 Å². The highest BCUT2D eigenvalue weighted by Gasteiger charge is 2.17. The van der Waals surface area contributed by atoms with Gasteiger partial charge in [-0.05, 0) is 26.5 Å². The van der Waals surface area contributed by atoms with Gasteiger partial charge in [0.2, 0.25) is 5.91 Å². The van der Waals surface area contributed by atoms with Gasteiger partial charge in [-0.2, -0.15) is 11.8 Å². The summed E-state index contributed by atoms with van der Waals surface area (Å²) in [5, 5.41) is 9.29. The van der Waals surface area contributed by atoms with Crippen molar-refractivity contribution in [1.29, 1.82) is 0 Å². The normalized spacial score (nSPS) is 12.9. The smallest absolute Gasteiger partial charge is 0.223 e. The highest BCUT2D eigenvalue weighted by atomic mass is 32.2. The third kappa shape index (κ3) is 6.79. The van der Waals surface area contributed by atoms with Crippen LogP contribution in [0.2, 0.25) is 0 Å². The average molecular weight is 233 g/mol. The molecular formula is C11H23NO2S. The van der Waals surface area contributed by atoms with Crippen molar-refractivity contribution < 1.29 is 9.90 Å². The Labute approximate surface area is 97.2 Å². The topological polar surface area (TPSA) is 40.5 Å². The minimum Gasteiger partial charge on any atom is -0.392 e. The first-order chi connectivity index (χ1) is 6.99. The highest BCUT2D eigenvalue weighted by Crippen LogP contribution is 2.07. The summed E-state index contributed by atoms with van der Waals surface area (Å²) in [4.78, 5) is 13.5. The molecule has 0 heterocycles. The Morgan fingerprint density at radius 1 is 1.40 bits per heavy atom. The fourth-order valence-electron chi connectivity index (χ4n) is 1.33. The number of carbonyl (C=O) groups excluding carboxylic acids is 1. The molecule has 0 radical (unpaired) electrons. The number of aliphatic hydroxyl groups is 1. The van der Waals surface area contributed by atoms with Gasteiger partial charge < -0.3 is 10.0 Å². The molecule has 0 fully saturated rings. The van der Waals surface area contributed by atoms with Crippen molar-refractivity contribution in [3.63, 3.8) is 0 Å². The summed E-state index contributed by atoms with van der Waals surface area (Å²) >= 11 is 1.77. The number of carbonyl (C=O) groups is 1. The number of thioether (sulfide) groups is 1. The van der Waals surface area contributed by atoms with Crippen LogP contribution in [0.5, 0.6) is 0 Å². The van der Waals surface area contributed by atoms with Gasteiger partial charge in [-0.25, -0.2) is 0 Å². The van der Waals surface area contributed by atoms with E-state index in [-0.39, 0.29) is 11.9 Å². The van der Waals surface area contributed by atoms with Crippen LogP contribution in [0.4, 0.5) is 0 Å². The minimum absolute atomic E-state index is 0.145. The lowest BCUT2D eigenvalue weighted by Gasteiger charge is -2.28. The molecule has 4 heteroatoms. The van der Waals surface area contributed by atoms with E-state index in [0.29, 0.717) is 13.0 Å². The van der Waals surface area contributed by atoms with E-state index in [2.05, 4.69) is 6.92 Å². The van der Waals surface area contributed by atoms with Crippen LogP contribution in [0.25, 0.3) is 0 Å². The number of aliphatic hydroxyl groups excluding tert-OH is 1. The van der Waals surface area contributed by atoms with E-state index in [1.165, 1.54) is 0 Å². The number of rotatable bonds is 7. The van der Waals surface area contributed by atoms with Gasteiger partial charge >= 0.3 is 0 Å². The summed E-state index contributed by atoms with van der Waals surface area (Å²) in [6.45, 7) is 8.20. The Morgan fingerprint density at radius 3 is 2.40 bits per heavy atom. The van der Waals surface area contributed by atoms with Gasteiger partial charge in [-0.3, -0.25) is 4.79 Å². The summed E-state index contributed by atoms with van der Waals surface area (Å²) in [5.74, 6) is 2.07. The van der Waals surface area contributed by atoms with E-state index < -0.39 is 6.10 Å². The predicted octanol–water partition coefficient (Wildman–Crippen LogP) is 1.75. The quantitative estimate of drug-likeness (QED) is 0.681. The molecule has 1 unspecified atom stereocenters. The molecule has 0 aromatic heterocycles. The van der Waals surface area contributed by atoms with Crippen LogP contribution in [0.3, 0.4) is 0 Å². The van der Waals surface area contributed by atoms with Crippen LogP contribution in [-0.4, -0.2) is 46.1 Å². The van der Waals surface area contributed by atoms with Crippen LogP contribution in [0.1, 0.15) is 34.1 Å². The van der Waals surface area contributed by atoms with Crippen LogP contribution in [0.15, 0.2) is 0 Å². The van der Waals surface area contributed by atoms with E-state index in [1.807, 2.05) is 13.8 Å². The number of nitrogens with zero attached hydrogens (tertiary/aromatic N) is 1. The van der Waals surface area contributed by atoms with Gasteiger partial charge in [0, 0.05) is 24.8 Å². The fourth-order valence-corrected chi connectivity index (χ4v) is 1.94. The second kappa shape index (κ2) is 7.99. The van der Waals surface area contributed by atoms with E-state index >= 15 is 0 Å². The molecule has 0 bridgehead atoms. The summed E-state index contributed by atoms with van der Waals surface area (Å²) in [5.41, 5.74) is 0. The maximum Gasteiger partial charge on any atom is 0.223 e. The SMILES string of the molecule is CCSCCC(=O)N(CC(C)O)C(C)C. The van der Waals surface area contributed by atoms with E-state index in [0.717, 1.165) is 11.5 Å². The maximum atomic E-state index is 11.8. The van der Waals surface area contributed by atoms with Gasteiger partial charge in [0.1, 0.15) is 0 Å². The van der Waals surface area contributed by atoms with Crippen molar-refractivity contribution in [3.05, 3.63) is 0 Å². The Morgan fingerprint density at radius 2 is 2.00 bits per heavy atom. The Bertz CT molecular complexity index is 183. The summed E-state index contributed by atoms with van der Waals surface area (Å²) in [6.07, 6.45) is 0.124. The first kappa shape index (κ1) is 14.8. The second-order valence-electron chi connectivity index (χ2n) is 3.94. The minimum atomic E-state index is -0.449. The van der Waals surface area contributed by atoms with Crippen molar-refractivity contribution in [2.24, 2.45) is 0 Å². The van der Waals surface area contributed by atoms with E-state index in [9.17, 15) is 9.90 Å². The lowest BCUT2D eigenvalue weighted by atomic mass is 10.2. The maximum absolute atomic E-state index is 11.8. The molecule has 0 spiro atoms. The fraction of sp³-hybridized carbons (Fsp3) is 0.909. The van der Waals surface area contributed by atoms with Crippen molar-refractivity contribution in [2.75, 3.05) is 18.1 Å². The summed E-state index contributed by atoms with van der Waals surface area (Å²) in [7, 11) is 0. The zero-order chi connectivity index (χ0) is 11.8. The zero-order valence-electron chi connectivity index (χ0n) is 10.2. The number of hydrogen-bond acceptors (Lipinski definition) is 3. The summed E-state index contributed by atoms with van der Waals surface area (Å²) in [6, 6.07) is 0.165. The summed E-state index contributed by atoms with van der Waals surface area (Å²) < 4.78 is 0. The molecule has 0 aliphatic carbocycles. The number of amides is 1. The Balaban J connectivity index is 4.05. The van der Waals surface area contributed by atoms with Gasteiger partial charge in [0.25, 0.3) is 0 Å². The Kier molecular flexibility index (Phi) is 7.88. The second-order valence-corrected chi connectivity index (χ2v) is 5.33. The molecule has 15 heavy (non-hydrogen) atoms. The molecule has 1 N–H and O–H groups in total. The van der Waals surface area contributed by atoms with Gasteiger partial charge in [0.15, 0.2) is 0 Å². The largest absolute Gasteiger partial charge is 0.392 e.